The number of rotatable bonds is 5. The summed E-state index contributed by atoms with van der Waals surface area (Å²) in [5, 5.41) is 14.4. The lowest BCUT2D eigenvalue weighted by atomic mass is 10.1. The van der Waals surface area contributed by atoms with Crippen molar-refractivity contribution in [2.24, 2.45) is 5.73 Å². The molecule has 1 aromatic rings. The van der Waals surface area contributed by atoms with E-state index in [1.807, 2.05) is 0 Å². The van der Waals surface area contributed by atoms with Crippen molar-refractivity contribution in [2.45, 2.75) is 38.8 Å². The fourth-order valence-corrected chi connectivity index (χ4v) is 1.48. The largest absolute Gasteiger partial charge is 0.458 e. The first kappa shape index (κ1) is 15.1. The summed E-state index contributed by atoms with van der Waals surface area (Å²) < 4.78 is 6.47. The summed E-state index contributed by atoms with van der Waals surface area (Å²) in [5.41, 5.74) is 4.64. The molecule has 0 bridgehead atoms. The van der Waals surface area contributed by atoms with E-state index in [1.54, 1.807) is 20.8 Å². The van der Waals surface area contributed by atoms with Gasteiger partial charge >= 0.3 is 11.7 Å². The van der Waals surface area contributed by atoms with Crippen LogP contribution in [0.2, 0.25) is 0 Å². The second-order valence-electron chi connectivity index (χ2n) is 5.06. The molecule has 0 aromatic carbocycles. The molecular weight excluding hydrogens is 252 g/mol. The zero-order valence-corrected chi connectivity index (χ0v) is 11.2. The molecule has 1 unspecified atom stereocenters. The van der Waals surface area contributed by atoms with Crippen molar-refractivity contribution in [3.05, 3.63) is 22.5 Å². The zero-order valence-electron chi connectivity index (χ0n) is 11.2. The smallest absolute Gasteiger partial charge is 0.331 e. The molecule has 0 saturated heterocycles. The minimum absolute atomic E-state index is 0.175. The third kappa shape index (κ3) is 4.32. The molecule has 1 atom stereocenters. The molecule has 0 aliphatic heterocycles. The van der Waals surface area contributed by atoms with E-state index in [0.717, 1.165) is 6.20 Å². The van der Waals surface area contributed by atoms with Gasteiger partial charge in [-0.1, -0.05) is 0 Å². The average Bonchev–Trinajstić information content (AvgIpc) is 2.72. The maximum atomic E-state index is 12.0. The van der Waals surface area contributed by atoms with E-state index in [9.17, 15) is 14.9 Å². The molecule has 1 aromatic heterocycles. The number of hydrogen-bond donors (Lipinski definition) is 1. The lowest BCUT2D eigenvalue weighted by molar-refractivity contribution is -0.385. The normalized spacial score (nSPS) is 13.1. The van der Waals surface area contributed by atoms with Crippen molar-refractivity contribution >= 4 is 11.7 Å². The molecule has 0 fully saturated rings. The van der Waals surface area contributed by atoms with Crippen molar-refractivity contribution in [3.8, 4) is 0 Å². The lowest BCUT2D eigenvalue weighted by Crippen LogP contribution is -2.31. The minimum atomic E-state index is -0.752. The van der Waals surface area contributed by atoms with E-state index in [4.69, 9.17) is 10.5 Å². The molecule has 0 radical (unpaired) electrons. The van der Waals surface area contributed by atoms with Crippen molar-refractivity contribution in [1.82, 2.24) is 9.78 Å². The van der Waals surface area contributed by atoms with Crippen LogP contribution in [-0.4, -0.2) is 32.8 Å². The molecule has 0 amide bonds. The molecular formula is C11H18N4O4. The van der Waals surface area contributed by atoms with E-state index in [2.05, 4.69) is 5.10 Å². The summed E-state index contributed by atoms with van der Waals surface area (Å²) in [7, 11) is 0. The quantitative estimate of drug-likeness (QED) is 0.485. The Labute approximate surface area is 110 Å². The van der Waals surface area contributed by atoms with Crippen LogP contribution < -0.4 is 5.73 Å². The van der Waals surface area contributed by atoms with E-state index >= 15 is 0 Å². The average molecular weight is 270 g/mol. The summed E-state index contributed by atoms with van der Waals surface area (Å²) in [6, 6.07) is -0.752. The molecule has 106 valence electrons. The first-order valence-electron chi connectivity index (χ1n) is 5.86. The van der Waals surface area contributed by atoms with Crippen LogP contribution in [0.1, 0.15) is 33.2 Å². The summed E-state index contributed by atoms with van der Waals surface area (Å²) in [6.45, 7) is 5.49. The van der Waals surface area contributed by atoms with Gasteiger partial charge in [-0.2, -0.15) is 5.10 Å². The number of carbonyl (C=O) groups is 1. The van der Waals surface area contributed by atoms with Crippen LogP contribution in [-0.2, 0) is 9.53 Å². The van der Waals surface area contributed by atoms with Crippen LogP contribution in [0.3, 0.4) is 0 Å². The molecule has 0 aliphatic carbocycles. The number of hydrogen-bond acceptors (Lipinski definition) is 6. The lowest BCUT2D eigenvalue weighted by Gasteiger charge is -2.23. The van der Waals surface area contributed by atoms with Crippen LogP contribution >= 0.6 is 0 Å². The van der Waals surface area contributed by atoms with E-state index < -0.39 is 22.5 Å². The van der Waals surface area contributed by atoms with Crippen molar-refractivity contribution in [1.29, 1.82) is 0 Å². The molecule has 1 rings (SSSR count). The Bertz CT molecular complexity index is 464. The van der Waals surface area contributed by atoms with Gasteiger partial charge in [0.05, 0.1) is 4.92 Å². The number of aromatic nitrogens is 2. The Morgan fingerprint density at radius 2 is 2.26 bits per heavy atom. The first-order valence-corrected chi connectivity index (χ1v) is 5.86. The highest BCUT2D eigenvalue weighted by Gasteiger charge is 2.27. The Morgan fingerprint density at radius 1 is 1.63 bits per heavy atom. The van der Waals surface area contributed by atoms with Crippen molar-refractivity contribution in [3.63, 3.8) is 0 Å². The van der Waals surface area contributed by atoms with E-state index in [0.29, 0.717) is 6.42 Å². The van der Waals surface area contributed by atoms with Gasteiger partial charge in [0.25, 0.3) is 0 Å². The summed E-state index contributed by atoms with van der Waals surface area (Å²) >= 11 is 0. The van der Waals surface area contributed by atoms with Gasteiger partial charge in [-0.25, -0.2) is 4.79 Å². The Hall–Kier alpha value is -1.96. The highest BCUT2D eigenvalue weighted by molar-refractivity contribution is 5.74. The van der Waals surface area contributed by atoms with Crippen LogP contribution in [0, 0.1) is 10.1 Å². The number of carbonyl (C=O) groups excluding carboxylic acids is 1. The predicted octanol–water partition coefficient (Wildman–Crippen LogP) is 1.02. The Balaban J connectivity index is 2.92. The fourth-order valence-electron chi connectivity index (χ4n) is 1.48. The molecule has 8 nitrogen and oxygen atoms in total. The molecule has 0 saturated carbocycles. The van der Waals surface area contributed by atoms with Gasteiger partial charge in [0.15, 0.2) is 6.04 Å². The number of nitrogens with two attached hydrogens (primary N) is 1. The Morgan fingerprint density at radius 3 is 2.68 bits per heavy atom. The zero-order chi connectivity index (χ0) is 14.6. The third-order valence-corrected chi connectivity index (χ3v) is 2.24. The fraction of sp³-hybridized carbons (Fsp3) is 0.636. The standard InChI is InChI=1S/C11H18N4O4/c1-11(2,3)19-10(16)9(4-5-12)14-7-8(6-13-14)15(17)18/h6-7,9H,4-5,12H2,1-3H3. The van der Waals surface area contributed by atoms with Crippen LogP contribution in [0.4, 0.5) is 5.69 Å². The number of nitro groups is 1. The van der Waals surface area contributed by atoms with Crippen LogP contribution in [0.5, 0.6) is 0 Å². The predicted molar refractivity (Wildman–Crippen MR) is 67.4 cm³/mol. The summed E-state index contributed by atoms with van der Waals surface area (Å²) in [6.07, 6.45) is 2.59. The maximum absolute atomic E-state index is 12.0. The third-order valence-electron chi connectivity index (χ3n) is 2.24. The van der Waals surface area contributed by atoms with Crippen molar-refractivity contribution < 1.29 is 14.5 Å². The van der Waals surface area contributed by atoms with Gasteiger partial charge < -0.3 is 10.5 Å². The number of nitrogens with zero attached hydrogens (tertiary/aromatic N) is 3. The molecule has 2 N–H and O–H groups in total. The number of ether oxygens (including phenoxy) is 1. The Kier molecular flexibility index (Phi) is 4.60. The second-order valence-corrected chi connectivity index (χ2v) is 5.06. The molecule has 0 aliphatic rings. The molecule has 19 heavy (non-hydrogen) atoms. The van der Waals surface area contributed by atoms with Gasteiger partial charge in [-0.05, 0) is 33.7 Å². The van der Waals surface area contributed by atoms with Gasteiger partial charge in [-0.3, -0.25) is 14.8 Å². The van der Waals surface area contributed by atoms with Crippen LogP contribution in [0.15, 0.2) is 12.4 Å². The van der Waals surface area contributed by atoms with Gasteiger partial charge in [-0.15, -0.1) is 0 Å². The second kappa shape index (κ2) is 5.79. The summed E-state index contributed by atoms with van der Waals surface area (Å²) in [5.74, 6) is -0.504. The highest BCUT2D eigenvalue weighted by Crippen LogP contribution is 2.19. The van der Waals surface area contributed by atoms with E-state index in [-0.39, 0.29) is 12.2 Å². The van der Waals surface area contributed by atoms with Crippen LogP contribution in [0.25, 0.3) is 0 Å². The molecule has 0 spiro atoms. The van der Waals surface area contributed by atoms with Gasteiger partial charge in [0.1, 0.15) is 18.0 Å². The summed E-state index contributed by atoms with van der Waals surface area (Å²) in [4.78, 5) is 22.1. The van der Waals surface area contributed by atoms with Gasteiger partial charge in [0, 0.05) is 0 Å². The minimum Gasteiger partial charge on any atom is -0.458 e. The number of esters is 1. The maximum Gasteiger partial charge on any atom is 0.331 e. The van der Waals surface area contributed by atoms with Gasteiger partial charge in [0.2, 0.25) is 0 Å². The molecule has 1 heterocycles. The first-order chi connectivity index (χ1) is 8.74. The highest BCUT2D eigenvalue weighted by atomic mass is 16.6. The van der Waals surface area contributed by atoms with Crippen molar-refractivity contribution in [2.75, 3.05) is 6.54 Å². The van der Waals surface area contributed by atoms with E-state index in [1.165, 1.54) is 10.9 Å². The SMILES string of the molecule is CC(C)(C)OC(=O)C(CCN)n1cc([N+](=O)[O-])cn1. The topological polar surface area (TPSA) is 113 Å². The monoisotopic (exact) mass is 270 g/mol. The molecule has 8 heteroatoms.